The summed E-state index contributed by atoms with van der Waals surface area (Å²) in [7, 11) is 0. The quantitative estimate of drug-likeness (QED) is 0.423. The van der Waals surface area contributed by atoms with Gasteiger partial charge in [0, 0.05) is 43.4 Å². The Balaban J connectivity index is 1.47. The van der Waals surface area contributed by atoms with Gasteiger partial charge in [-0.1, -0.05) is 29.8 Å². The highest BCUT2D eigenvalue weighted by Gasteiger charge is 2.27. The van der Waals surface area contributed by atoms with Crippen LogP contribution in [0.2, 0.25) is 5.02 Å². The van der Waals surface area contributed by atoms with E-state index in [2.05, 4.69) is 19.9 Å². The first-order valence-electron chi connectivity index (χ1n) is 10.4. The summed E-state index contributed by atoms with van der Waals surface area (Å²) in [5.41, 5.74) is 1.42. The van der Waals surface area contributed by atoms with E-state index in [9.17, 15) is 9.90 Å². The van der Waals surface area contributed by atoms with E-state index in [1.807, 2.05) is 30.3 Å². The van der Waals surface area contributed by atoms with Gasteiger partial charge in [-0.15, -0.1) is 0 Å². The Hall–Kier alpha value is -3.42. The molecule has 2 aromatic carbocycles. The number of anilines is 1. The van der Waals surface area contributed by atoms with Crippen LogP contribution < -0.4 is 9.64 Å². The molecule has 1 aliphatic heterocycles. The van der Waals surface area contributed by atoms with Crippen LogP contribution in [0, 0.1) is 5.92 Å². The molecule has 7 nitrogen and oxygen atoms in total. The number of aromatic nitrogens is 3. The average molecular weight is 449 g/mol. The molecule has 0 aliphatic carbocycles. The number of nitrogens with zero attached hydrogens (tertiary/aromatic N) is 3. The smallest absolute Gasteiger partial charge is 0.196 e. The Morgan fingerprint density at radius 2 is 2.00 bits per heavy atom. The molecule has 3 heterocycles. The summed E-state index contributed by atoms with van der Waals surface area (Å²) in [4.78, 5) is 27.3. The molecular weight excluding hydrogens is 428 g/mol. The first-order chi connectivity index (χ1) is 15.6. The van der Waals surface area contributed by atoms with Crippen LogP contribution in [0.15, 0.2) is 61.1 Å². The van der Waals surface area contributed by atoms with Crippen molar-refractivity contribution >= 4 is 34.2 Å². The zero-order valence-electron chi connectivity index (χ0n) is 17.2. The molecule has 0 amide bonds. The number of ketones is 1. The first kappa shape index (κ1) is 20.5. The van der Waals surface area contributed by atoms with Crippen molar-refractivity contribution in [1.29, 1.82) is 0 Å². The van der Waals surface area contributed by atoms with Crippen LogP contribution in [0.4, 0.5) is 5.82 Å². The predicted octanol–water partition coefficient (Wildman–Crippen LogP) is 4.45. The molecule has 0 spiro atoms. The number of carbonyl (C=O) groups excluding carboxylic acids is 1. The number of benzene rings is 2. The molecule has 1 saturated heterocycles. The highest BCUT2D eigenvalue weighted by molar-refractivity contribution is 6.35. The molecule has 2 aromatic heterocycles. The van der Waals surface area contributed by atoms with Gasteiger partial charge in [-0.05, 0) is 30.7 Å². The second-order valence-electron chi connectivity index (χ2n) is 7.79. The third kappa shape index (κ3) is 3.81. The monoisotopic (exact) mass is 448 g/mol. The molecule has 2 N–H and O–H groups in total. The first-order valence-corrected chi connectivity index (χ1v) is 10.8. The van der Waals surface area contributed by atoms with E-state index in [-0.39, 0.29) is 18.3 Å². The Bertz CT molecular complexity index is 1270. The fourth-order valence-corrected chi connectivity index (χ4v) is 4.31. The van der Waals surface area contributed by atoms with Crippen molar-refractivity contribution in [3.63, 3.8) is 0 Å². The maximum Gasteiger partial charge on any atom is 0.196 e. The van der Waals surface area contributed by atoms with Gasteiger partial charge in [-0.3, -0.25) is 4.79 Å². The normalized spacial score (nSPS) is 15.9. The van der Waals surface area contributed by atoms with Crippen LogP contribution in [0.1, 0.15) is 22.3 Å². The average Bonchev–Trinajstić information content (AvgIpc) is 3.47. The molecule has 1 atom stereocenters. The Labute approximate surface area is 189 Å². The standard InChI is InChI=1S/C24H21ClN4O3/c25-20-10-17(32-16-4-2-1-3-5-16)6-7-18(20)22(31)19-11-26-23-21(19)24(28-14-27-23)29-9-8-15(12-29)13-30/h1-7,10-11,14-15,30H,8-9,12-13H2,(H,26,27,28). The van der Waals surface area contributed by atoms with E-state index in [1.54, 1.807) is 24.4 Å². The minimum absolute atomic E-state index is 0.136. The van der Waals surface area contributed by atoms with E-state index < -0.39 is 0 Å². The van der Waals surface area contributed by atoms with E-state index in [0.717, 1.165) is 13.0 Å². The van der Waals surface area contributed by atoms with Crippen LogP contribution in [0.25, 0.3) is 11.0 Å². The molecule has 32 heavy (non-hydrogen) atoms. The van der Waals surface area contributed by atoms with Gasteiger partial charge in [0.1, 0.15) is 29.3 Å². The number of fused-ring (bicyclic) bond motifs is 1. The van der Waals surface area contributed by atoms with Gasteiger partial charge >= 0.3 is 0 Å². The third-order valence-electron chi connectivity index (χ3n) is 5.70. The van der Waals surface area contributed by atoms with Gasteiger partial charge in [-0.2, -0.15) is 0 Å². The lowest BCUT2D eigenvalue weighted by atomic mass is 10.0. The number of ether oxygens (including phenoxy) is 1. The summed E-state index contributed by atoms with van der Waals surface area (Å²) in [5, 5.41) is 10.5. The number of rotatable bonds is 6. The maximum absolute atomic E-state index is 13.4. The molecule has 1 fully saturated rings. The summed E-state index contributed by atoms with van der Waals surface area (Å²) in [6, 6.07) is 14.4. The number of H-pyrrole nitrogens is 1. The van der Waals surface area contributed by atoms with Crippen molar-refractivity contribution in [3.05, 3.63) is 77.2 Å². The van der Waals surface area contributed by atoms with Crippen molar-refractivity contribution < 1.29 is 14.6 Å². The molecule has 0 radical (unpaired) electrons. The van der Waals surface area contributed by atoms with E-state index in [1.165, 1.54) is 6.33 Å². The summed E-state index contributed by atoms with van der Waals surface area (Å²) >= 11 is 6.48. The van der Waals surface area contributed by atoms with Gasteiger partial charge < -0.3 is 19.7 Å². The SMILES string of the molecule is O=C(c1ccc(Oc2ccccc2)cc1Cl)c1c[nH]c2ncnc(N3CCC(CO)C3)c12. The number of hydrogen-bond acceptors (Lipinski definition) is 6. The molecule has 8 heteroatoms. The highest BCUT2D eigenvalue weighted by atomic mass is 35.5. The Kier molecular flexibility index (Phi) is 5.51. The molecule has 0 bridgehead atoms. The maximum atomic E-state index is 13.4. The zero-order chi connectivity index (χ0) is 22.1. The fourth-order valence-electron chi connectivity index (χ4n) is 4.05. The van der Waals surface area contributed by atoms with Crippen molar-refractivity contribution in [3.8, 4) is 11.5 Å². The summed E-state index contributed by atoms with van der Waals surface area (Å²) in [6.07, 6.45) is 4.01. The number of aliphatic hydroxyl groups excluding tert-OH is 1. The van der Waals surface area contributed by atoms with Gasteiger partial charge in [0.15, 0.2) is 5.78 Å². The number of carbonyl (C=O) groups is 1. The Morgan fingerprint density at radius 3 is 2.75 bits per heavy atom. The molecule has 1 aliphatic rings. The number of nitrogens with one attached hydrogen (secondary N) is 1. The van der Waals surface area contributed by atoms with E-state index >= 15 is 0 Å². The minimum atomic E-state index is -0.221. The van der Waals surface area contributed by atoms with Crippen LogP contribution in [0.5, 0.6) is 11.5 Å². The largest absolute Gasteiger partial charge is 0.457 e. The minimum Gasteiger partial charge on any atom is -0.457 e. The number of aromatic amines is 1. The second kappa shape index (κ2) is 8.61. The van der Waals surface area contributed by atoms with Gasteiger partial charge in [0.25, 0.3) is 0 Å². The van der Waals surface area contributed by atoms with Gasteiger partial charge in [0.2, 0.25) is 0 Å². The Morgan fingerprint density at radius 1 is 1.16 bits per heavy atom. The van der Waals surface area contributed by atoms with Crippen LogP contribution in [-0.2, 0) is 0 Å². The fraction of sp³-hybridized carbons (Fsp3) is 0.208. The van der Waals surface area contributed by atoms with Gasteiger partial charge in [0.05, 0.1) is 16.0 Å². The van der Waals surface area contributed by atoms with Gasteiger partial charge in [-0.25, -0.2) is 9.97 Å². The number of halogens is 1. The van der Waals surface area contributed by atoms with E-state index in [0.29, 0.717) is 51.0 Å². The van der Waals surface area contributed by atoms with Crippen LogP contribution in [-0.4, -0.2) is 45.5 Å². The second-order valence-corrected chi connectivity index (χ2v) is 8.20. The lowest BCUT2D eigenvalue weighted by molar-refractivity contribution is 0.104. The van der Waals surface area contributed by atoms with Crippen molar-refractivity contribution in [2.24, 2.45) is 5.92 Å². The lowest BCUT2D eigenvalue weighted by Crippen LogP contribution is -2.22. The molecular formula is C24H21ClN4O3. The lowest BCUT2D eigenvalue weighted by Gasteiger charge is -2.18. The third-order valence-corrected chi connectivity index (χ3v) is 6.01. The molecule has 4 aromatic rings. The number of aliphatic hydroxyl groups is 1. The highest BCUT2D eigenvalue weighted by Crippen LogP contribution is 2.33. The zero-order valence-corrected chi connectivity index (χ0v) is 17.9. The van der Waals surface area contributed by atoms with Crippen molar-refractivity contribution in [1.82, 2.24) is 15.0 Å². The molecule has 1 unspecified atom stereocenters. The topological polar surface area (TPSA) is 91.3 Å². The summed E-state index contributed by atoms with van der Waals surface area (Å²) in [5.74, 6) is 1.91. The van der Waals surface area contributed by atoms with Crippen molar-refractivity contribution in [2.75, 3.05) is 24.6 Å². The molecule has 162 valence electrons. The molecule has 0 saturated carbocycles. The summed E-state index contributed by atoms with van der Waals surface area (Å²) < 4.78 is 5.81. The van der Waals surface area contributed by atoms with Crippen molar-refractivity contribution in [2.45, 2.75) is 6.42 Å². The summed E-state index contributed by atoms with van der Waals surface area (Å²) in [6.45, 7) is 1.59. The number of para-hydroxylation sites is 1. The van der Waals surface area contributed by atoms with E-state index in [4.69, 9.17) is 16.3 Å². The molecule has 5 rings (SSSR count). The van der Waals surface area contributed by atoms with Crippen LogP contribution >= 0.6 is 11.6 Å². The number of hydrogen-bond donors (Lipinski definition) is 2. The van der Waals surface area contributed by atoms with Crippen LogP contribution in [0.3, 0.4) is 0 Å². The predicted molar refractivity (Wildman–Crippen MR) is 123 cm³/mol.